The fourth-order valence-corrected chi connectivity index (χ4v) is 1.34. The molecule has 0 aromatic carbocycles. The van der Waals surface area contributed by atoms with Crippen LogP contribution in [0.3, 0.4) is 0 Å². The number of hydrogen-bond acceptors (Lipinski definition) is 2. The minimum atomic E-state index is -0.0762. The van der Waals surface area contributed by atoms with E-state index in [9.17, 15) is 4.79 Å². The average Bonchev–Trinajstić information content (AvgIpc) is 2.25. The van der Waals surface area contributed by atoms with Crippen molar-refractivity contribution < 1.29 is 9.90 Å². The molecule has 2 amide bonds. The molecule has 0 heterocycles. The smallest absolute Gasteiger partial charge is 0.315 e. The highest BCUT2D eigenvalue weighted by Crippen LogP contribution is 1.95. The van der Waals surface area contributed by atoms with Gasteiger partial charge in [-0.2, -0.15) is 0 Å². The van der Waals surface area contributed by atoms with Crippen molar-refractivity contribution in [2.45, 2.75) is 52.0 Å². The fraction of sp³-hybridized carbons (Fsp3) is 0.909. The van der Waals surface area contributed by atoms with E-state index in [4.69, 9.17) is 5.11 Å². The lowest BCUT2D eigenvalue weighted by Crippen LogP contribution is -2.41. The normalized spacial score (nSPS) is 10.4. The predicted molar refractivity (Wildman–Crippen MR) is 61.8 cm³/mol. The second-order valence-electron chi connectivity index (χ2n) is 3.70. The van der Waals surface area contributed by atoms with Gasteiger partial charge in [0.1, 0.15) is 0 Å². The molecule has 0 aliphatic heterocycles. The van der Waals surface area contributed by atoms with Gasteiger partial charge in [0, 0.05) is 19.2 Å². The van der Waals surface area contributed by atoms with Crippen LogP contribution in [0.1, 0.15) is 46.0 Å². The molecule has 0 fully saturated rings. The maximum Gasteiger partial charge on any atom is 0.315 e. The van der Waals surface area contributed by atoms with Crippen molar-refractivity contribution in [1.82, 2.24) is 10.6 Å². The van der Waals surface area contributed by atoms with Crippen molar-refractivity contribution >= 4 is 6.03 Å². The number of rotatable bonds is 8. The minimum Gasteiger partial charge on any atom is -0.396 e. The number of amides is 2. The molecule has 0 aromatic rings. The standard InChI is InChI=1S/C11H24N2O2/c1-3-10(4-2)13-11(15)12-8-6-5-7-9-14/h10,14H,3-9H2,1-2H3,(H2,12,13,15). The minimum absolute atomic E-state index is 0.0762. The van der Waals surface area contributed by atoms with Gasteiger partial charge in [0.2, 0.25) is 0 Å². The molecular formula is C11H24N2O2. The van der Waals surface area contributed by atoms with E-state index in [1.165, 1.54) is 0 Å². The number of aliphatic hydroxyl groups is 1. The van der Waals surface area contributed by atoms with E-state index in [0.29, 0.717) is 6.54 Å². The Kier molecular flexibility index (Phi) is 9.27. The van der Waals surface area contributed by atoms with Crippen LogP contribution in [0.4, 0.5) is 4.79 Å². The summed E-state index contributed by atoms with van der Waals surface area (Å²) >= 11 is 0. The molecule has 0 radical (unpaired) electrons. The number of urea groups is 1. The number of hydrogen-bond donors (Lipinski definition) is 3. The molecule has 0 spiro atoms. The summed E-state index contributed by atoms with van der Waals surface area (Å²) in [4.78, 5) is 11.3. The van der Waals surface area contributed by atoms with Gasteiger partial charge in [0.15, 0.2) is 0 Å². The first-order chi connectivity index (χ1) is 7.24. The molecule has 0 aromatic heterocycles. The summed E-state index contributed by atoms with van der Waals surface area (Å²) in [6.45, 7) is 5.05. The van der Waals surface area contributed by atoms with Gasteiger partial charge >= 0.3 is 6.03 Å². The molecule has 0 rings (SSSR count). The first-order valence-electron chi connectivity index (χ1n) is 5.89. The van der Waals surface area contributed by atoms with Crippen LogP contribution >= 0.6 is 0 Å². The van der Waals surface area contributed by atoms with E-state index in [-0.39, 0.29) is 18.7 Å². The fourth-order valence-electron chi connectivity index (χ4n) is 1.34. The van der Waals surface area contributed by atoms with Crippen molar-refractivity contribution in [3.8, 4) is 0 Å². The molecule has 0 atom stereocenters. The first kappa shape index (κ1) is 14.2. The van der Waals surface area contributed by atoms with Gasteiger partial charge in [-0.1, -0.05) is 13.8 Å². The summed E-state index contributed by atoms with van der Waals surface area (Å²) in [5.74, 6) is 0. The molecule has 15 heavy (non-hydrogen) atoms. The second-order valence-corrected chi connectivity index (χ2v) is 3.70. The molecule has 0 saturated carbocycles. The van der Waals surface area contributed by atoms with Gasteiger partial charge in [-0.25, -0.2) is 4.79 Å². The summed E-state index contributed by atoms with van der Waals surface area (Å²) in [5.41, 5.74) is 0. The lowest BCUT2D eigenvalue weighted by atomic mass is 10.2. The third-order valence-electron chi connectivity index (χ3n) is 2.44. The third kappa shape index (κ3) is 8.24. The maximum atomic E-state index is 11.3. The van der Waals surface area contributed by atoms with E-state index < -0.39 is 0 Å². The highest BCUT2D eigenvalue weighted by atomic mass is 16.2. The van der Waals surface area contributed by atoms with Gasteiger partial charge in [-0.15, -0.1) is 0 Å². The van der Waals surface area contributed by atoms with E-state index in [2.05, 4.69) is 24.5 Å². The molecule has 0 bridgehead atoms. The van der Waals surface area contributed by atoms with Crippen LogP contribution in [0.25, 0.3) is 0 Å². The first-order valence-corrected chi connectivity index (χ1v) is 5.89. The van der Waals surface area contributed by atoms with E-state index >= 15 is 0 Å². The Hall–Kier alpha value is -0.770. The zero-order valence-electron chi connectivity index (χ0n) is 9.88. The monoisotopic (exact) mass is 216 g/mol. The molecule has 0 saturated heterocycles. The third-order valence-corrected chi connectivity index (χ3v) is 2.44. The molecule has 3 N–H and O–H groups in total. The maximum absolute atomic E-state index is 11.3. The van der Waals surface area contributed by atoms with Crippen molar-refractivity contribution in [3.63, 3.8) is 0 Å². The predicted octanol–water partition coefficient (Wildman–Crippen LogP) is 1.64. The van der Waals surface area contributed by atoms with E-state index in [0.717, 1.165) is 32.1 Å². The Labute approximate surface area is 92.4 Å². The Morgan fingerprint density at radius 2 is 1.87 bits per heavy atom. The number of unbranched alkanes of at least 4 members (excludes halogenated alkanes) is 2. The Morgan fingerprint density at radius 1 is 1.20 bits per heavy atom. The zero-order valence-corrected chi connectivity index (χ0v) is 9.88. The highest BCUT2D eigenvalue weighted by Gasteiger charge is 2.06. The highest BCUT2D eigenvalue weighted by molar-refractivity contribution is 5.74. The quantitative estimate of drug-likeness (QED) is 0.540. The van der Waals surface area contributed by atoms with Crippen molar-refractivity contribution in [3.05, 3.63) is 0 Å². The summed E-state index contributed by atoms with van der Waals surface area (Å²) in [5, 5.41) is 14.3. The van der Waals surface area contributed by atoms with Crippen LogP contribution in [0.2, 0.25) is 0 Å². The molecule has 4 heteroatoms. The van der Waals surface area contributed by atoms with Crippen molar-refractivity contribution in [1.29, 1.82) is 0 Å². The van der Waals surface area contributed by atoms with Crippen molar-refractivity contribution in [2.75, 3.05) is 13.2 Å². The molecule has 4 nitrogen and oxygen atoms in total. The number of nitrogens with one attached hydrogen (secondary N) is 2. The van der Waals surface area contributed by atoms with Crippen LogP contribution in [0, 0.1) is 0 Å². The lowest BCUT2D eigenvalue weighted by Gasteiger charge is -2.15. The number of aliphatic hydroxyl groups excluding tert-OH is 1. The van der Waals surface area contributed by atoms with E-state index in [1.54, 1.807) is 0 Å². The van der Waals surface area contributed by atoms with Crippen LogP contribution in [-0.4, -0.2) is 30.3 Å². The second kappa shape index (κ2) is 9.77. The van der Waals surface area contributed by atoms with Crippen LogP contribution in [-0.2, 0) is 0 Å². The molecule has 0 aliphatic rings. The zero-order chi connectivity index (χ0) is 11.5. The molecule has 0 unspecified atom stereocenters. The topological polar surface area (TPSA) is 61.4 Å². The number of carbonyl (C=O) groups excluding carboxylic acids is 1. The van der Waals surface area contributed by atoms with Gasteiger partial charge in [0.05, 0.1) is 0 Å². The van der Waals surface area contributed by atoms with Crippen LogP contribution in [0.5, 0.6) is 0 Å². The summed E-state index contributed by atoms with van der Waals surface area (Å²) < 4.78 is 0. The van der Waals surface area contributed by atoms with Gasteiger partial charge in [-0.3, -0.25) is 0 Å². The molecular weight excluding hydrogens is 192 g/mol. The molecule has 0 aliphatic carbocycles. The van der Waals surface area contributed by atoms with Gasteiger partial charge < -0.3 is 15.7 Å². The average molecular weight is 216 g/mol. The van der Waals surface area contributed by atoms with E-state index in [1.807, 2.05) is 0 Å². The molecule has 90 valence electrons. The lowest BCUT2D eigenvalue weighted by molar-refractivity contribution is 0.235. The Morgan fingerprint density at radius 3 is 2.40 bits per heavy atom. The number of carbonyl (C=O) groups is 1. The largest absolute Gasteiger partial charge is 0.396 e. The van der Waals surface area contributed by atoms with Gasteiger partial charge in [-0.05, 0) is 32.1 Å². The van der Waals surface area contributed by atoms with Gasteiger partial charge in [0.25, 0.3) is 0 Å². The van der Waals surface area contributed by atoms with Crippen LogP contribution in [0.15, 0.2) is 0 Å². The summed E-state index contributed by atoms with van der Waals surface area (Å²) in [7, 11) is 0. The summed E-state index contributed by atoms with van der Waals surface area (Å²) in [6.07, 6.45) is 4.64. The Balaban J connectivity index is 3.40. The summed E-state index contributed by atoms with van der Waals surface area (Å²) in [6, 6.07) is 0.204. The Bertz CT molecular complexity index is 159. The van der Waals surface area contributed by atoms with Crippen LogP contribution < -0.4 is 10.6 Å². The SMILES string of the molecule is CCC(CC)NC(=O)NCCCCCO. The van der Waals surface area contributed by atoms with Crippen molar-refractivity contribution in [2.24, 2.45) is 0 Å².